The van der Waals surface area contributed by atoms with Crippen LogP contribution in [0, 0.1) is 0 Å². The van der Waals surface area contributed by atoms with E-state index in [-0.39, 0.29) is 10.8 Å². The summed E-state index contributed by atoms with van der Waals surface area (Å²) in [7, 11) is 0. The highest BCUT2D eigenvalue weighted by Gasteiger charge is 2.25. The topological polar surface area (TPSA) is 3.24 Å². The molecule has 0 saturated carbocycles. The molecule has 0 unspecified atom stereocenters. The monoisotopic (exact) mass is 837 g/mol. The summed E-state index contributed by atoms with van der Waals surface area (Å²) in [5, 5.41) is 4.99. The van der Waals surface area contributed by atoms with Gasteiger partial charge in [-0.2, -0.15) is 0 Å². The van der Waals surface area contributed by atoms with E-state index in [0.29, 0.717) is 0 Å². The van der Waals surface area contributed by atoms with Crippen molar-refractivity contribution in [2.24, 2.45) is 0 Å². The Morgan fingerprint density at radius 1 is 0.292 bits per heavy atom. The summed E-state index contributed by atoms with van der Waals surface area (Å²) in [5.74, 6) is 0. The quantitative estimate of drug-likeness (QED) is 0.147. The van der Waals surface area contributed by atoms with E-state index >= 15 is 0 Å². The summed E-state index contributed by atoms with van der Waals surface area (Å²) in [5.41, 5.74) is 18.0. The molecule has 0 amide bonds. The van der Waals surface area contributed by atoms with E-state index in [2.05, 4.69) is 271 Å². The predicted octanol–water partition coefficient (Wildman–Crippen LogP) is 18.4. The van der Waals surface area contributed by atoms with Crippen molar-refractivity contribution in [3.05, 3.63) is 236 Å². The van der Waals surface area contributed by atoms with Crippen molar-refractivity contribution in [1.82, 2.24) is 0 Å². The largest absolute Gasteiger partial charge is 0.309 e. The Morgan fingerprint density at radius 2 is 0.738 bits per heavy atom. The van der Waals surface area contributed by atoms with E-state index in [0.717, 1.165) is 17.1 Å². The molecule has 10 aromatic carbocycles. The molecule has 0 saturated heterocycles. The molecule has 10 rings (SSSR count). The first kappa shape index (κ1) is 41.5. The molecule has 0 heterocycles. The van der Waals surface area contributed by atoms with Crippen LogP contribution in [0.25, 0.3) is 77.2 Å². The molecule has 0 N–H and O–H groups in total. The highest BCUT2D eigenvalue weighted by Crippen LogP contribution is 2.48. The predicted molar refractivity (Wildman–Crippen MR) is 281 cm³/mol. The smallest absolute Gasteiger partial charge is 0.0540 e. The molecule has 0 spiro atoms. The van der Waals surface area contributed by atoms with Gasteiger partial charge in [0, 0.05) is 16.8 Å². The zero-order chi connectivity index (χ0) is 44.7. The van der Waals surface area contributed by atoms with Crippen LogP contribution in [0.2, 0.25) is 0 Å². The van der Waals surface area contributed by atoms with Crippen molar-refractivity contribution in [2.75, 3.05) is 4.90 Å². The first-order chi connectivity index (χ1) is 31.5. The van der Waals surface area contributed by atoms with Crippen molar-refractivity contribution in [3.63, 3.8) is 0 Å². The number of nitrogens with zero attached hydrogens (tertiary/aromatic N) is 1. The van der Waals surface area contributed by atoms with Gasteiger partial charge in [-0.25, -0.2) is 0 Å². The second kappa shape index (κ2) is 16.9. The number of rotatable bonds is 8. The Morgan fingerprint density at radius 3 is 1.38 bits per heavy atom. The Labute approximate surface area is 385 Å². The molecule has 0 radical (unpaired) electrons. The van der Waals surface area contributed by atoms with Crippen LogP contribution >= 0.6 is 0 Å². The first-order valence-electron chi connectivity index (χ1n) is 22.9. The van der Waals surface area contributed by atoms with Crippen molar-refractivity contribution in [1.29, 1.82) is 0 Å². The van der Waals surface area contributed by atoms with Gasteiger partial charge in [0.15, 0.2) is 0 Å². The van der Waals surface area contributed by atoms with Gasteiger partial charge in [-0.05, 0) is 112 Å². The van der Waals surface area contributed by atoms with Crippen LogP contribution in [0.3, 0.4) is 0 Å². The van der Waals surface area contributed by atoms with Crippen LogP contribution in [0.4, 0.5) is 17.1 Å². The Balaban J connectivity index is 1.15. The average Bonchev–Trinajstić information content (AvgIpc) is 3.34. The summed E-state index contributed by atoms with van der Waals surface area (Å²) in [6.07, 6.45) is 0. The highest BCUT2D eigenvalue weighted by molar-refractivity contribution is 6.09. The van der Waals surface area contributed by atoms with Gasteiger partial charge < -0.3 is 4.90 Å². The number of para-hydroxylation sites is 2. The van der Waals surface area contributed by atoms with Gasteiger partial charge in [0.05, 0.1) is 11.4 Å². The van der Waals surface area contributed by atoms with Gasteiger partial charge in [0.25, 0.3) is 0 Å². The van der Waals surface area contributed by atoms with Gasteiger partial charge in [-0.3, -0.25) is 0 Å². The normalized spacial score (nSPS) is 11.8. The molecule has 0 aromatic heterocycles. The minimum Gasteiger partial charge on any atom is -0.309 e. The Bertz CT molecular complexity index is 3260. The Hall–Kier alpha value is -7.48. The molecule has 0 bridgehead atoms. The molecular weight excluding hydrogens is 783 g/mol. The van der Waals surface area contributed by atoms with Crippen LogP contribution in [0.15, 0.2) is 224 Å². The summed E-state index contributed by atoms with van der Waals surface area (Å²) < 4.78 is 0. The third-order valence-corrected chi connectivity index (χ3v) is 13.0. The van der Waals surface area contributed by atoms with Crippen LogP contribution in [-0.2, 0) is 10.8 Å². The molecule has 0 aliphatic carbocycles. The summed E-state index contributed by atoms with van der Waals surface area (Å²) >= 11 is 0. The molecule has 65 heavy (non-hydrogen) atoms. The van der Waals surface area contributed by atoms with E-state index in [4.69, 9.17) is 0 Å². The second-order valence-electron chi connectivity index (χ2n) is 19.4. The zero-order valence-corrected chi connectivity index (χ0v) is 38.3. The minimum atomic E-state index is -0.0228. The Kier molecular flexibility index (Phi) is 10.8. The highest BCUT2D eigenvalue weighted by atomic mass is 15.1. The van der Waals surface area contributed by atoms with Gasteiger partial charge in [-0.1, -0.05) is 242 Å². The molecule has 1 heteroatoms. The van der Waals surface area contributed by atoms with Crippen molar-refractivity contribution < 1.29 is 0 Å². The van der Waals surface area contributed by atoms with Crippen LogP contribution < -0.4 is 4.90 Å². The van der Waals surface area contributed by atoms with Gasteiger partial charge in [0.2, 0.25) is 0 Å². The third-order valence-electron chi connectivity index (χ3n) is 13.0. The van der Waals surface area contributed by atoms with E-state index < -0.39 is 0 Å². The second-order valence-corrected chi connectivity index (χ2v) is 19.4. The lowest BCUT2D eigenvalue weighted by molar-refractivity contribution is 0.569. The van der Waals surface area contributed by atoms with Crippen molar-refractivity contribution in [3.8, 4) is 55.6 Å². The van der Waals surface area contributed by atoms with E-state index in [1.165, 1.54) is 88.3 Å². The van der Waals surface area contributed by atoms with E-state index in [9.17, 15) is 0 Å². The summed E-state index contributed by atoms with van der Waals surface area (Å²) in [6.45, 7) is 13.9. The lowest BCUT2D eigenvalue weighted by Crippen LogP contribution is -2.17. The van der Waals surface area contributed by atoms with E-state index in [1.807, 2.05) is 0 Å². The maximum absolute atomic E-state index is 2.49. The number of benzene rings is 10. The number of anilines is 3. The van der Waals surface area contributed by atoms with Crippen LogP contribution in [-0.4, -0.2) is 0 Å². The lowest BCUT2D eigenvalue weighted by atomic mass is 9.78. The standard InChI is InChI=1S/C64H55N/c1-63(2,3)51-41-50(42-52(43-51)64(4,5)6)56-26-12-14-31-60(56)65(53-39-37-45(38-40-53)44-33-35-48(36-34-44)55-28-16-22-46-21-10-11-25-54(46)55)61-32-15-13-27-58(61)59-30-18-24-49-23-17-29-57(62(49)59)47-19-8-7-9-20-47/h7-43H,1-6H3. The van der Waals surface area contributed by atoms with Crippen molar-refractivity contribution >= 4 is 38.6 Å². The summed E-state index contributed by atoms with van der Waals surface area (Å²) in [4.78, 5) is 2.49. The summed E-state index contributed by atoms with van der Waals surface area (Å²) in [6, 6.07) is 82.8. The van der Waals surface area contributed by atoms with Gasteiger partial charge >= 0.3 is 0 Å². The fourth-order valence-electron chi connectivity index (χ4n) is 9.41. The van der Waals surface area contributed by atoms with Crippen molar-refractivity contribution in [2.45, 2.75) is 52.4 Å². The lowest BCUT2D eigenvalue weighted by Gasteiger charge is -2.31. The fraction of sp³-hybridized carbons (Fsp3) is 0.125. The SMILES string of the molecule is CC(C)(C)c1cc(-c2ccccc2N(c2ccc(-c3ccc(-c4cccc5ccccc45)cc3)cc2)c2ccccc2-c2cccc3cccc(-c4ccccc4)c23)cc(C(C)(C)C)c1. The first-order valence-corrected chi connectivity index (χ1v) is 22.9. The fourth-order valence-corrected chi connectivity index (χ4v) is 9.41. The average molecular weight is 838 g/mol. The third kappa shape index (κ3) is 8.16. The van der Waals surface area contributed by atoms with Crippen LogP contribution in [0.5, 0.6) is 0 Å². The molecular formula is C64H55N. The molecule has 316 valence electrons. The van der Waals surface area contributed by atoms with Crippen LogP contribution in [0.1, 0.15) is 52.7 Å². The molecule has 0 aliphatic heterocycles. The number of fused-ring (bicyclic) bond motifs is 2. The molecule has 10 aromatic rings. The molecule has 0 aliphatic rings. The van der Waals surface area contributed by atoms with Gasteiger partial charge in [0.1, 0.15) is 0 Å². The molecule has 1 nitrogen and oxygen atoms in total. The number of hydrogen-bond acceptors (Lipinski definition) is 1. The zero-order valence-electron chi connectivity index (χ0n) is 38.3. The van der Waals surface area contributed by atoms with E-state index in [1.54, 1.807) is 0 Å². The number of hydrogen-bond donors (Lipinski definition) is 0. The molecule has 0 fully saturated rings. The molecule has 0 atom stereocenters. The maximum Gasteiger partial charge on any atom is 0.0540 e. The maximum atomic E-state index is 2.49. The van der Waals surface area contributed by atoms with Gasteiger partial charge in [-0.15, -0.1) is 0 Å². The minimum absolute atomic E-state index is 0.0228.